The van der Waals surface area contributed by atoms with Crippen LogP contribution in [0.4, 0.5) is 0 Å². The van der Waals surface area contributed by atoms with Crippen molar-refractivity contribution in [2.45, 2.75) is 51.6 Å². The molecule has 0 radical (unpaired) electrons. The third-order valence-corrected chi connectivity index (χ3v) is 5.38. The van der Waals surface area contributed by atoms with Crippen LogP contribution in [0.3, 0.4) is 0 Å². The molecule has 0 bridgehead atoms. The Kier molecular flexibility index (Phi) is 6.77. The lowest BCUT2D eigenvalue weighted by atomic mass is 9.91. The molecule has 0 unspecified atom stereocenters. The maximum Gasteiger partial charge on any atom is 0.153 e. The van der Waals surface area contributed by atoms with Crippen LogP contribution in [0.5, 0.6) is 11.5 Å². The van der Waals surface area contributed by atoms with Crippen molar-refractivity contribution in [1.29, 1.82) is 0 Å². The molecule has 2 atom stereocenters. The molecule has 2 aromatic carbocycles. The van der Waals surface area contributed by atoms with E-state index in [9.17, 15) is 19.8 Å². The number of phenolic OH excluding ortho intramolecular Hbond substituents is 2. The number of aryl methyl sites for hydroxylation is 2. The quantitative estimate of drug-likeness (QED) is 0.555. The summed E-state index contributed by atoms with van der Waals surface area (Å²) < 4.78 is 0. The van der Waals surface area contributed by atoms with Gasteiger partial charge in [-0.05, 0) is 62.1 Å². The number of aromatic hydroxyl groups is 2. The molecule has 0 heterocycles. The summed E-state index contributed by atoms with van der Waals surface area (Å²) in [6, 6.07) is 6.72. The molecule has 6 heteroatoms. The molecule has 156 valence electrons. The Bertz CT molecular complexity index is 929. The second-order valence-electron chi connectivity index (χ2n) is 7.80. The second-order valence-corrected chi connectivity index (χ2v) is 7.80. The van der Waals surface area contributed by atoms with E-state index in [0.717, 1.165) is 36.8 Å². The van der Waals surface area contributed by atoms with Gasteiger partial charge in [0.2, 0.25) is 0 Å². The van der Waals surface area contributed by atoms with Crippen LogP contribution in [0.2, 0.25) is 0 Å². The number of rotatable bonds is 6. The zero-order chi connectivity index (χ0) is 21.7. The molecule has 0 amide bonds. The van der Waals surface area contributed by atoms with Gasteiger partial charge >= 0.3 is 0 Å². The van der Waals surface area contributed by atoms with Crippen molar-refractivity contribution in [2.75, 3.05) is 0 Å². The van der Waals surface area contributed by atoms with Gasteiger partial charge in [0, 0.05) is 23.6 Å². The lowest BCUT2D eigenvalue weighted by Crippen LogP contribution is -2.27. The maximum atomic E-state index is 11.1. The molecule has 0 aliphatic heterocycles. The van der Waals surface area contributed by atoms with Crippen LogP contribution in [0, 0.1) is 13.8 Å². The molecule has 30 heavy (non-hydrogen) atoms. The fourth-order valence-corrected chi connectivity index (χ4v) is 3.84. The number of hydrogen-bond donors (Lipinski definition) is 2. The van der Waals surface area contributed by atoms with Gasteiger partial charge in [0.05, 0.1) is 23.2 Å². The summed E-state index contributed by atoms with van der Waals surface area (Å²) in [5.41, 5.74) is 3.26. The van der Waals surface area contributed by atoms with E-state index in [-0.39, 0.29) is 34.7 Å². The van der Waals surface area contributed by atoms with Crippen LogP contribution >= 0.6 is 0 Å². The number of aldehydes is 2. The van der Waals surface area contributed by atoms with Gasteiger partial charge in [-0.15, -0.1) is 0 Å². The first-order valence-corrected chi connectivity index (χ1v) is 10.1. The molecular weight excluding hydrogens is 380 g/mol. The van der Waals surface area contributed by atoms with Gasteiger partial charge < -0.3 is 10.2 Å². The average Bonchev–Trinajstić information content (AvgIpc) is 2.74. The topological polar surface area (TPSA) is 99.3 Å². The van der Waals surface area contributed by atoms with E-state index in [1.54, 1.807) is 36.7 Å². The minimum absolute atomic E-state index is 0.0629. The van der Waals surface area contributed by atoms with Crippen molar-refractivity contribution in [3.63, 3.8) is 0 Å². The molecule has 1 saturated carbocycles. The summed E-state index contributed by atoms with van der Waals surface area (Å²) in [7, 11) is 0. The lowest BCUT2D eigenvalue weighted by molar-refractivity contribution is 0.111. The van der Waals surface area contributed by atoms with Gasteiger partial charge in [0.1, 0.15) is 11.5 Å². The Labute approximate surface area is 176 Å². The number of carbonyl (C=O) groups excluding carboxylic acids is 2. The Hall–Kier alpha value is -3.28. The fourth-order valence-electron chi connectivity index (χ4n) is 3.84. The van der Waals surface area contributed by atoms with Gasteiger partial charge in [-0.2, -0.15) is 0 Å². The zero-order valence-electron chi connectivity index (χ0n) is 17.2. The SMILES string of the molecule is Cc1cc(C=O)c(O)c(C=N[C@@H]2CCCC[C@H]2N=Cc2cc(C)cc(C=O)c2O)c1. The minimum Gasteiger partial charge on any atom is -0.507 e. The van der Waals surface area contributed by atoms with E-state index >= 15 is 0 Å². The van der Waals surface area contributed by atoms with Crippen LogP contribution in [0.15, 0.2) is 34.3 Å². The number of phenols is 2. The predicted octanol–water partition coefficient (Wildman–Crippen LogP) is 4.19. The fraction of sp³-hybridized carbons (Fsp3) is 0.333. The predicted molar refractivity (Wildman–Crippen MR) is 118 cm³/mol. The first-order chi connectivity index (χ1) is 14.4. The molecule has 2 N–H and O–H groups in total. The monoisotopic (exact) mass is 406 g/mol. The number of aliphatic imine (C=N–C) groups is 2. The number of nitrogens with zero attached hydrogens (tertiary/aromatic N) is 2. The van der Waals surface area contributed by atoms with Crippen LogP contribution in [0.25, 0.3) is 0 Å². The second kappa shape index (κ2) is 9.48. The maximum absolute atomic E-state index is 11.1. The molecule has 6 nitrogen and oxygen atoms in total. The van der Waals surface area contributed by atoms with Gasteiger partial charge in [-0.25, -0.2) is 0 Å². The van der Waals surface area contributed by atoms with Crippen LogP contribution in [-0.4, -0.2) is 47.3 Å². The number of hydrogen-bond acceptors (Lipinski definition) is 6. The summed E-state index contributed by atoms with van der Waals surface area (Å²) >= 11 is 0. The minimum atomic E-state index is -0.0683. The van der Waals surface area contributed by atoms with Crippen LogP contribution in [0.1, 0.15) is 68.7 Å². The van der Waals surface area contributed by atoms with Crippen molar-refractivity contribution in [1.82, 2.24) is 0 Å². The van der Waals surface area contributed by atoms with E-state index in [4.69, 9.17) is 0 Å². The molecule has 1 aliphatic rings. The summed E-state index contributed by atoms with van der Waals surface area (Å²) in [6.45, 7) is 3.72. The highest BCUT2D eigenvalue weighted by Gasteiger charge is 2.23. The molecular formula is C24H26N2O4. The van der Waals surface area contributed by atoms with Gasteiger partial charge in [0.25, 0.3) is 0 Å². The zero-order valence-corrected chi connectivity index (χ0v) is 17.2. The highest BCUT2D eigenvalue weighted by Crippen LogP contribution is 2.27. The van der Waals surface area contributed by atoms with E-state index in [0.29, 0.717) is 23.7 Å². The third kappa shape index (κ3) is 4.82. The normalized spacial score (nSPS) is 19.4. The largest absolute Gasteiger partial charge is 0.507 e. The molecule has 0 aromatic heterocycles. The van der Waals surface area contributed by atoms with E-state index in [2.05, 4.69) is 9.98 Å². The van der Waals surface area contributed by atoms with Gasteiger partial charge in [0.15, 0.2) is 12.6 Å². The molecule has 1 aliphatic carbocycles. The van der Waals surface area contributed by atoms with Gasteiger partial charge in [-0.1, -0.05) is 12.8 Å². The first-order valence-electron chi connectivity index (χ1n) is 10.1. The van der Waals surface area contributed by atoms with Crippen molar-refractivity contribution >= 4 is 25.0 Å². The van der Waals surface area contributed by atoms with Gasteiger partial charge in [-0.3, -0.25) is 19.6 Å². The first kappa shape index (κ1) is 21.4. The summed E-state index contributed by atoms with van der Waals surface area (Å²) in [5.74, 6) is -0.137. The average molecular weight is 406 g/mol. The van der Waals surface area contributed by atoms with E-state index < -0.39 is 0 Å². The highest BCUT2D eigenvalue weighted by molar-refractivity contribution is 5.91. The van der Waals surface area contributed by atoms with Crippen LogP contribution in [-0.2, 0) is 0 Å². The third-order valence-electron chi connectivity index (χ3n) is 5.38. The Morgan fingerprint density at radius 2 is 1.10 bits per heavy atom. The molecule has 3 rings (SSSR count). The lowest BCUT2D eigenvalue weighted by Gasteiger charge is -2.25. The summed E-state index contributed by atoms with van der Waals surface area (Å²) in [5, 5.41) is 20.5. The number of carbonyl (C=O) groups is 2. The molecule has 0 spiro atoms. The molecule has 0 saturated heterocycles. The Morgan fingerprint density at radius 1 is 0.733 bits per heavy atom. The van der Waals surface area contributed by atoms with E-state index in [1.807, 2.05) is 13.8 Å². The van der Waals surface area contributed by atoms with Crippen molar-refractivity contribution < 1.29 is 19.8 Å². The van der Waals surface area contributed by atoms with Crippen LogP contribution < -0.4 is 0 Å². The Morgan fingerprint density at radius 3 is 1.47 bits per heavy atom. The highest BCUT2D eigenvalue weighted by atomic mass is 16.3. The summed E-state index contributed by atoms with van der Waals surface area (Å²) in [4.78, 5) is 31.6. The summed E-state index contributed by atoms with van der Waals surface area (Å²) in [6.07, 6.45) is 8.31. The number of benzene rings is 2. The van der Waals surface area contributed by atoms with E-state index in [1.165, 1.54) is 0 Å². The molecule has 2 aromatic rings. The standard InChI is InChI=1S/C24H26N2O4/c1-15-7-17(23(29)19(9-15)13-27)11-25-21-5-3-4-6-22(21)26-12-18-8-16(2)10-20(14-28)24(18)30/h7-14,21-22,29-30H,3-6H2,1-2H3/t21-,22-/m1/s1. The van der Waals surface area contributed by atoms with Crippen molar-refractivity contribution in [3.8, 4) is 11.5 Å². The molecule has 1 fully saturated rings. The Balaban J connectivity index is 1.84. The van der Waals surface area contributed by atoms with Crippen molar-refractivity contribution in [3.05, 3.63) is 57.6 Å². The smallest absolute Gasteiger partial charge is 0.153 e. The van der Waals surface area contributed by atoms with Crippen molar-refractivity contribution in [2.24, 2.45) is 9.98 Å².